The Morgan fingerprint density at radius 3 is 2.64 bits per heavy atom. The van der Waals surface area contributed by atoms with Crippen LogP contribution in [0.15, 0.2) is 18.2 Å². The fourth-order valence-electron chi connectivity index (χ4n) is 1.68. The van der Waals surface area contributed by atoms with Gasteiger partial charge in [-0.3, -0.25) is 4.79 Å². The van der Waals surface area contributed by atoms with Gasteiger partial charge in [0.1, 0.15) is 0 Å². The Kier molecular flexibility index (Phi) is 3.28. The maximum atomic E-state index is 10.6. The molecule has 2 heteroatoms. The van der Waals surface area contributed by atoms with Crippen molar-refractivity contribution in [3.8, 4) is 0 Å². The molecular weight excluding hydrogens is 176 g/mol. The van der Waals surface area contributed by atoms with E-state index in [1.807, 2.05) is 39.0 Å². The highest BCUT2D eigenvalue weighted by Gasteiger charge is 2.12. The van der Waals surface area contributed by atoms with Crippen LogP contribution >= 0.6 is 0 Å². The van der Waals surface area contributed by atoms with Crippen LogP contribution in [0.2, 0.25) is 0 Å². The second-order valence-corrected chi connectivity index (χ2v) is 3.79. The molecule has 2 nitrogen and oxygen atoms in total. The van der Waals surface area contributed by atoms with E-state index in [1.54, 1.807) is 0 Å². The topological polar surface area (TPSA) is 37.3 Å². The zero-order valence-electron chi connectivity index (χ0n) is 8.87. The third kappa shape index (κ3) is 2.34. The molecule has 0 aliphatic carbocycles. The summed E-state index contributed by atoms with van der Waals surface area (Å²) >= 11 is 0. The maximum Gasteiger partial charge on any atom is 0.303 e. The molecule has 0 radical (unpaired) electrons. The van der Waals surface area contributed by atoms with Gasteiger partial charge in [0.25, 0.3) is 0 Å². The number of hydrogen-bond donors (Lipinski definition) is 1. The molecule has 76 valence electrons. The molecule has 0 fully saturated rings. The minimum atomic E-state index is -0.738. The van der Waals surface area contributed by atoms with E-state index in [1.165, 1.54) is 11.1 Å². The molecule has 0 heterocycles. The first-order valence-corrected chi connectivity index (χ1v) is 4.80. The standard InChI is InChI=1S/C12H16O2/c1-8-5-4-6-11(10(8)3)9(2)7-12(13)14/h4-6,9H,7H2,1-3H3,(H,13,14). The Labute approximate surface area is 84.6 Å². The quantitative estimate of drug-likeness (QED) is 0.799. The third-order valence-corrected chi connectivity index (χ3v) is 2.66. The highest BCUT2D eigenvalue weighted by Crippen LogP contribution is 2.24. The van der Waals surface area contributed by atoms with Gasteiger partial charge in [0.15, 0.2) is 0 Å². The van der Waals surface area contributed by atoms with Crippen molar-refractivity contribution < 1.29 is 9.90 Å². The molecule has 0 aromatic heterocycles. The second kappa shape index (κ2) is 4.27. The van der Waals surface area contributed by atoms with Gasteiger partial charge >= 0.3 is 5.97 Å². The van der Waals surface area contributed by atoms with Gasteiger partial charge < -0.3 is 5.11 Å². The van der Waals surface area contributed by atoms with E-state index < -0.39 is 5.97 Å². The first-order chi connectivity index (χ1) is 6.52. The zero-order valence-corrected chi connectivity index (χ0v) is 8.87. The van der Waals surface area contributed by atoms with Crippen LogP contribution in [-0.2, 0) is 4.79 Å². The number of carboxylic acid groups (broad SMARTS) is 1. The summed E-state index contributed by atoms with van der Waals surface area (Å²) in [5.74, 6) is -0.647. The molecular formula is C12H16O2. The van der Waals surface area contributed by atoms with Crippen LogP contribution in [0.3, 0.4) is 0 Å². The first-order valence-electron chi connectivity index (χ1n) is 4.80. The van der Waals surface area contributed by atoms with E-state index in [2.05, 4.69) is 0 Å². The van der Waals surface area contributed by atoms with Crippen LogP contribution in [-0.4, -0.2) is 11.1 Å². The van der Waals surface area contributed by atoms with Crippen LogP contribution in [0.4, 0.5) is 0 Å². The monoisotopic (exact) mass is 192 g/mol. The minimum absolute atomic E-state index is 0.0902. The number of hydrogen-bond acceptors (Lipinski definition) is 1. The fourth-order valence-corrected chi connectivity index (χ4v) is 1.68. The Balaban J connectivity index is 2.95. The van der Waals surface area contributed by atoms with Crippen LogP contribution < -0.4 is 0 Å². The molecule has 0 amide bonds. The normalized spacial score (nSPS) is 12.5. The van der Waals surface area contributed by atoms with Crippen LogP contribution in [0.25, 0.3) is 0 Å². The summed E-state index contributed by atoms with van der Waals surface area (Å²) in [5, 5.41) is 8.71. The van der Waals surface area contributed by atoms with Crippen LogP contribution in [0, 0.1) is 13.8 Å². The zero-order chi connectivity index (χ0) is 10.7. The Morgan fingerprint density at radius 2 is 2.07 bits per heavy atom. The molecule has 1 N–H and O–H groups in total. The average Bonchev–Trinajstić information content (AvgIpc) is 2.08. The van der Waals surface area contributed by atoms with Crippen molar-refractivity contribution in [2.45, 2.75) is 33.1 Å². The molecule has 1 rings (SSSR count). The summed E-state index contributed by atoms with van der Waals surface area (Å²) in [6, 6.07) is 6.04. The highest BCUT2D eigenvalue weighted by atomic mass is 16.4. The van der Waals surface area contributed by atoms with E-state index >= 15 is 0 Å². The molecule has 0 saturated heterocycles. The fraction of sp³-hybridized carbons (Fsp3) is 0.417. The first kappa shape index (κ1) is 10.8. The molecule has 1 aromatic carbocycles. The van der Waals surface area contributed by atoms with E-state index in [9.17, 15) is 4.79 Å². The molecule has 1 atom stereocenters. The summed E-state index contributed by atoms with van der Waals surface area (Å²) < 4.78 is 0. The molecule has 1 unspecified atom stereocenters. The van der Waals surface area contributed by atoms with E-state index in [4.69, 9.17) is 5.11 Å². The lowest BCUT2D eigenvalue weighted by Crippen LogP contribution is -2.04. The molecule has 14 heavy (non-hydrogen) atoms. The van der Waals surface area contributed by atoms with Crippen LogP contribution in [0.1, 0.15) is 36.0 Å². The largest absolute Gasteiger partial charge is 0.481 e. The Bertz CT molecular complexity index is 342. The van der Waals surface area contributed by atoms with E-state index in [0.29, 0.717) is 0 Å². The van der Waals surface area contributed by atoms with Crippen LogP contribution in [0.5, 0.6) is 0 Å². The number of carboxylic acids is 1. The summed E-state index contributed by atoms with van der Waals surface area (Å²) in [7, 11) is 0. The maximum absolute atomic E-state index is 10.6. The minimum Gasteiger partial charge on any atom is -0.481 e. The van der Waals surface area contributed by atoms with Crippen molar-refractivity contribution in [1.82, 2.24) is 0 Å². The lowest BCUT2D eigenvalue weighted by atomic mass is 9.91. The average molecular weight is 192 g/mol. The van der Waals surface area contributed by atoms with E-state index in [-0.39, 0.29) is 12.3 Å². The van der Waals surface area contributed by atoms with Gasteiger partial charge in [0, 0.05) is 0 Å². The SMILES string of the molecule is Cc1cccc(C(C)CC(=O)O)c1C. The molecule has 1 aromatic rings. The third-order valence-electron chi connectivity index (χ3n) is 2.66. The molecule has 0 saturated carbocycles. The summed E-state index contributed by atoms with van der Waals surface area (Å²) in [6.45, 7) is 6.05. The van der Waals surface area contributed by atoms with Crippen molar-refractivity contribution in [2.75, 3.05) is 0 Å². The summed E-state index contributed by atoms with van der Waals surface area (Å²) in [6.07, 6.45) is 0.199. The van der Waals surface area contributed by atoms with Gasteiger partial charge in [-0.05, 0) is 36.5 Å². The van der Waals surface area contributed by atoms with Gasteiger partial charge in [-0.1, -0.05) is 25.1 Å². The second-order valence-electron chi connectivity index (χ2n) is 3.79. The van der Waals surface area contributed by atoms with Gasteiger partial charge in [-0.2, -0.15) is 0 Å². The van der Waals surface area contributed by atoms with Crippen molar-refractivity contribution in [3.05, 3.63) is 34.9 Å². The van der Waals surface area contributed by atoms with Gasteiger partial charge in [0.05, 0.1) is 6.42 Å². The number of aliphatic carboxylic acids is 1. The molecule has 0 spiro atoms. The number of benzene rings is 1. The van der Waals surface area contributed by atoms with Crippen molar-refractivity contribution in [3.63, 3.8) is 0 Å². The van der Waals surface area contributed by atoms with E-state index in [0.717, 1.165) is 5.56 Å². The molecule has 0 aliphatic rings. The number of rotatable bonds is 3. The lowest BCUT2D eigenvalue weighted by Gasteiger charge is -2.13. The number of aryl methyl sites for hydroxylation is 1. The Morgan fingerprint density at radius 1 is 1.43 bits per heavy atom. The highest BCUT2D eigenvalue weighted by molar-refractivity contribution is 5.68. The van der Waals surface area contributed by atoms with Crippen molar-refractivity contribution in [2.24, 2.45) is 0 Å². The smallest absolute Gasteiger partial charge is 0.303 e. The molecule has 0 bridgehead atoms. The predicted molar refractivity (Wildman–Crippen MR) is 56.6 cm³/mol. The molecule has 0 aliphatic heterocycles. The van der Waals surface area contributed by atoms with Gasteiger partial charge in [0.2, 0.25) is 0 Å². The van der Waals surface area contributed by atoms with Gasteiger partial charge in [-0.25, -0.2) is 0 Å². The number of carbonyl (C=O) groups is 1. The lowest BCUT2D eigenvalue weighted by molar-refractivity contribution is -0.137. The van der Waals surface area contributed by atoms with Crippen molar-refractivity contribution >= 4 is 5.97 Å². The van der Waals surface area contributed by atoms with Gasteiger partial charge in [-0.15, -0.1) is 0 Å². The summed E-state index contributed by atoms with van der Waals surface area (Å²) in [5.41, 5.74) is 3.58. The van der Waals surface area contributed by atoms with Crippen molar-refractivity contribution in [1.29, 1.82) is 0 Å². The summed E-state index contributed by atoms with van der Waals surface area (Å²) in [4.78, 5) is 10.6. The predicted octanol–water partition coefficient (Wildman–Crippen LogP) is 2.88. The Hall–Kier alpha value is -1.31.